The molecule has 0 spiro atoms. The molecule has 0 saturated carbocycles. The highest BCUT2D eigenvalue weighted by Gasteiger charge is 2.31. The van der Waals surface area contributed by atoms with Crippen LogP contribution in [-0.4, -0.2) is 72.8 Å². The first kappa shape index (κ1) is 26.8. The number of nitrogens with zero attached hydrogens (tertiary/aromatic N) is 2. The van der Waals surface area contributed by atoms with Crippen LogP contribution >= 0.6 is 0 Å². The van der Waals surface area contributed by atoms with Crippen molar-refractivity contribution in [3.8, 4) is 0 Å². The maximum Gasteiger partial charge on any atom is 0.244 e. The van der Waals surface area contributed by atoms with E-state index in [0.29, 0.717) is 19.4 Å². The van der Waals surface area contributed by atoms with E-state index in [1.807, 2.05) is 44.2 Å². The van der Waals surface area contributed by atoms with Gasteiger partial charge in [0.05, 0.1) is 6.04 Å². The predicted octanol–water partition coefficient (Wildman–Crippen LogP) is 2.60. The molecule has 1 aliphatic rings. The minimum Gasteiger partial charge on any atom is -0.344 e. The van der Waals surface area contributed by atoms with Gasteiger partial charge in [-0.05, 0) is 50.6 Å². The van der Waals surface area contributed by atoms with Crippen molar-refractivity contribution < 1.29 is 14.4 Å². The maximum atomic E-state index is 13.4. The zero-order valence-electron chi connectivity index (χ0n) is 21.0. The van der Waals surface area contributed by atoms with Crippen LogP contribution < -0.4 is 10.6 Å². The summed E-state index contributed by atoms with van der Waals surface area (Å²) in [4.78, 5) is 42.7. The number of hydrogen-bond acceptors (Lipinski definition) is 4. The Labute approximate surface area is 199 Å². The van der Waals surface area contributed by atoms with Crippen molar-refractivity contribution in [2.45, 2.75) is 77.4 Å². The van der Waals surface area contributed by atoms with E-state index < -0.39 is 18.1 Å². The standard InChI is InChI=1S/C26H42N4O3/c1-19(2)17-23-25(32)29(4)16-12-7-6-11-15-27-22(18-21-13-9-8-10-14-21)26(33)30(5)20(3)24(31)28-23/h8-10,13-14,19-20,22-23,27H,6-7,11-12,15-18H2,1-5H3,(H,28,31)/t20-,22+,23+/m1/s1. The fraction of sp³-hybridized carbons (Fsp3) is 0.654. The molecule has 0 aromatic heterocycles. The van der Waals surface area contributed by atoms with E-state index in [1.54, 1.807) is 25.9 Å². The smallest absolute Gasteiger partial charge is 0.244 e. The molecule has 1 aromatic carbocycles. The molecule has 1 saturated heterocycles. The van der Waals surface area contributed by atoms with E-state index in [0.717, 1.165) is 37.8 Å². The van der Waals surface area contributed by atoms with Crippen LogP contribution in [0.3, 0.4) is 0 Å². The maximum absolute atomic E-state index is 13.4. The van der Waals surface area contributed by atoms with Gasteiger partial charge in [-0.2, -0.15) is 0 Å². The van der Waals surface area contributed by atoms with Gasteiger partial charge < -0.3 is 20.4 Å². The van der Waals surface area contributed by atoms with Gasteiger partial charge in [0.2, 0.25) is 17.7 Å². The fourth-order valence-electron chi connectivity index (χ4n) is 4.17. The molecule has 1 fully saturated rings. The molecule has 2 N–H and O–H groups in total. The van der Waals surface area contributed by atoms with E-state index in [4.69, 9.17) is 0 Å². The molecule has 0 radical (unpaired) electrons. The van der Waals surface area contributed by atoms with Gasteiger partial charge in [0.1, 0.15) is 12.1 Å². The van der Waals surface area contributed by atoms with E-state index in [1.165, 1.54) is 4.90 Å². The lowest BCUT2D eigenvalue weighted by Gasteiger charge is -2.31. The molecular weight excluding hydrogens is 416 g/mol. The van der Waals surface area contributed by atoms with Crippen molar-refractivity contribution >= 4 is 17.7 Å². The van der Waals surface area contributed by atoms with E-state index in [-0.39, 0.29) is 23.6 Å². The summed E-state index contributed by atoms with van der Waals surface area (Å²) in [7, 11) is 3.47. The van der Waals surface area contributed by atoms with Crippen molar-refractivity contribution in [3.63, 3.8) is 0 Å². The van der Waals surface area contributed by atoms with Crippen molar-refractivity contribution in [2.24, 2.45) is 5.92 Å². The quantitative estimate of drug-likeness (QED) is 0.727. The van der Waals surface area contributed by atoms with Crippen LogP contribution in [0.4, 0.5) is 0 Å². The highest BCUT2D eigenvalue weighted by atomic mass is 16.2. The van der Waals surface area contributed by atoms with E-state index >= 15 is 0 Å². The van der Waals surface area contributed by atoms with Crippen molar-refractivity contribution in [1.29, 1.82) is 0 Å². The van der Waals surface area contributed by atoms with Crippen molar-refractivity contribution in [1.82, 2.24) is 20.4 Å². The second-order valence-electron chi connectivity index (χ2n) is 9.69. The summed E-state index contributed by atoms with van der Waals surface area (Å²) in [6.07, 6.45) is 5.09. The van der Waals surface area contributed by atoms with Gasteiger partial charge in [-0.25, -0.2) is 0 Å². The molecule has 3 amide bonds. The lowest BCUT2D eigenvalue weighted by molar-refractivity contribution is -0.142. The average molecular weight is 459 g/mol. The monoisotopic (exact) mass is 458 g/mol. The Bertz CT molecular complexity index is 768. The van der Waals surface area contributed by atoms with Gasteiger partial charge in [0.15, 0.2) is 0 Å². The first-order valence-corrected chi connectivity index (χ1v) is 12.3. The van der Waals surface area contributed by atoms with Gasteiger partial charge >= 0.3 is 0 Å². The number of nitrogens with one attached hydrogen (secondary N) is 2. The Morgan fingerprint density at radius 1 is 0.939 bits per heavy atom. The number of benzene rings is 1. The summed E-state index contributed by atoms with van der Waals surface area (Å²) in [6.45, 7) is 7.22. The number of rotatable bonds is 4. The van der Waals surface area contributed by atoms with Crippen LogP contribution in [-0.2, 0) is 20.8 Å². The summed E-state index contributed by atoms with van der Waals surface area (Å²) in [6, 6.07) is 8.27. The SMILES string of the molecule is CC(C)C[C@@H]1NC(=O)[C@@H](C)N(C)C(=O)[C@H](Cc2ccccc2)NCCCCCCN(C)C1=O. The van der Waals surface area contributed by atoms with E-state index in [9.17, 15) is 14.4 Å². The second kappa shape index (κ2) is 13.3. The van der Waals surface area contributed by atoms with Gasteiger partial charge in [-0.3, -0.25) is 14.4 Å². The van der Waals surface area contributed by atoms with Gasteiger partial charge in [-0.1, -0.05) is 57.0 Å². The Balaban J connectivity index is 2.22. The van der Waals surface area contributed by atoms with Gasteiger partial charge in [0, 0.05) is 20.6 Å². The van der Waals surface area contributed by atoms with Crippen LogP contribution in [0.1, 0.15) is 58.4 Å². The number of carbonyl (C=O) groups excluding carboxylic acids is 3. The summed E-state index contributed by atoms with van der Waals surface area (Å²) < 4.78 is 0. The minimum absolute atomic E-state index is 0.0612. The summed E-state index contributed by atoms with van der Waals surface area (Å²) >= 11 is 0. The van der Waals surface area contributed by atoms with Crippen LogP contribution in [0.5, 0.6) is 0 Å². The Hall–Kier alpha value is -2.41. The topological polar surface area (TPSA) is 81.8 Å². The number of hydrogen-bond donors (Lipinski definition) is 2. The lowest BCUT2D eigenvalue weighted by Crippen LogP contribution is -2.56. The highest BCUT2D eigenvalue weighted by Crippen LogP contribution is 2.12. The van der Waals surface area contributed by atoms with E-state index in [2.05, 4.69) is 10.6 Å². The van der Waals surface area contributed by atoms with Crippen LogP contribution in [0, 0.1) is 5.92 Å². The third-order valence-corrected chi connectivity index (χ3v) is 6.40. The van der Waals surface area contributed by atoms with Gasteiger partial charge in [-0.15, -0.1) is 0 Å². The second-order valence-corrected chi connectivity index (χ2v) is 9.69. The number of amides is 3. The van der Waals surface area contributed by atoms with Crippen LogP contribution in [0.15, 0.2) is 30.3 Å². The molecule has 0 bridgehead atoms. The molecule has 2 rings (SSSR count). The van der Waals surface area contributed by atoms with Crippen LogP contribution in [0.2, 0.25) is 0 Å². The molecule has 1 aliphatic heterocycles. The zero-order chi connectivity index (χ0) is 24.4. The Kier molecular flexibility index (Phi) is 10.8. The average Bonchev–Trinajstić information content (AvgIpc) is 2.79. The fourth-order valence-corrected chi connectivity index (χ4v) is 4.17. The molecule has 0 aliphatic carbocycles. The third-order valence-electron chi connectivity index (χ3n) is 6.40. The zero-order valence-corrected chi connectivity index (χ0v) is 21.0. The van der Waals surface area contributed by atoms with Gasteiger partial charge in [0.25, 0.3) is 0 Å². The number of carbonyl (C=O) groups is 3. The Morgan fingerprint density at radius 2 is 1.61 bits per heavy atom. The number of likely N-dealkylation sites (N-methyl/N-ethyl adjacent to an activating group) is 2. The molecule has 33 heavy (non-hydrogen) atoms. The predicted molar refractivity (Wildman–Crippen MR) is 132 cm³/mol. The molecule has 0 unspecified atom stereocenters. The molecule has 1 heterocycles. The van der Waals surface area contributed by atoms with Crippen LogP contribution in [0.25, 0.3) is 0 Å². The highest BCUT2D eigenvalue weighted by molar-refractivity contribution is 5.92. The minimum atomic E-state index is -0.682. The first-order valence-electron chi connectivity index (χ1n) is 12.3. The summed E-state index contributed by atoms with van der Waals surface area (Å²) in [5.74, 6) is -0.220. The summed E-state index contributed by atoms with van der Waals surface area (Å²) in [5.41, 5.74) is 1.08. The molecule has 184 valence electrons. The molecule has 1 aromatic rings. The first-order chi connectivity index (χ1) is 15.7. The van der Waals surface area contributed by atoms with Crippen molar-refractivity contribution in [3.05, 3.63) is 35.9 Å². The lowest BCUT2D eigenvalue weighted by atomic mass is 10.0. The summed E-state index contributed by atoms with van der Waals surface area (Å²) in [5, 5.41) is 6.36. The molecular formula is C26H42N4O3. The van der Waals surface area contributed by atoms with Crippen molar-refractivity contribution in [2.75, 3.05) is 27.2 Å². The Morgan fingerprint density at radius 3 is 2.27 bits per heavy atom. The largest absolute Gasteiger partial charge is 0.344 e. The third kappa shape index (κ3) is 8.46. The molecule has 7 nitrogen and oxygen atoms in total. The molecule has 3 atom stereocenters. The normalized spacial score (nSPS) is 24.8. The molecule has 7 heteroatoms.